The molecule has 1 aliphatic rings. The summed E-state index contributed by atoms with van der Waals surface area (Å²) in [6, 6.07) is 6.02. The second-order valence-corrected chi connectivity index (χ2v) is 10.4. The molecular formula is C20H24N2O5S2. The Bertz CT molecular complexity index is 1030. The van der Waals surface area contributed by atoms with Gasteiger partial charge in [0.1, 0.15) is 10.8 Å². The fourth-order valence-electron chi connectivity index (χ4n) is 3.42. The second-order valence-electron chi connectivity index (χ2n) is 7.21. The van der Waals surface area contributed by atoms with Crippen LogP contribution in [0.25, 0.3) is 0 Å². The standard InChI is InChI=1S/C20H24N2O5S2/c1-12-3-8-15-16(11-12)28-20(18(15)19(21)24)22-17(23)9-10-29(25,26)14-6-4-13(27-2)5-7-14/h4-7,12H,3,8-11H2,1-2H3,(H2,21,24)(H,22,23)/t12-/m0/s1. The van der Waals surface area contributed by atoms with Crippen LogP contribution >= 0.6 is 11.3 Å². The van der Waals surface area contributed by atoms with Crippen molar-refractivity contribution in [3.05, 3.63) is 40.3 Å². The zero-order chi connectivity index (χ0) is 21.2. The molecular weight excluding hydrogens is 412 g/mol. The lowest BCUT2D eigenvalue weighted by molar-refractivity contribution is -0.115. The van der Waals surface area contributed by atoms with Crippen molar-refractivity contribution in [1.29, 1.82) is 0 Å². The van der Waals surface area contributed by atoms with Crippen LogP contribution in [0.3, 0.4) is 0 Å². The van der Waals surface area contributed by atoms with Crippen molar-refractivity contribution in [2.45, 2.75) is 37.5 Å². The molecule has 0 aliphatic heterocycles. The smallest absolute Gasteiger partial charge is 0.251 e. The van der Waals surface area contributed by atoms with Gasteiger partial charge in [0.05, 0.1) is 23.3 Å². The van der Waals surface area contributed by atoms with Crippen molar-refractivity contribution >= 4 is 38.0 Å². The summed E-state index contributed by atoms with van der Waals surface area (Å²) >= 11 is 1.36. The Kier molecular flexibility index (Phi) is 6.28. The Morgan fingerprint density at radius 2 is 1.97 bits per heavy atom. The predicted molar refractivity (Wildman–Crippen MR) is 112 cm³/mol. The number of amides is 2. The number of nitrogens with one attached hydrogen (secondary N) is 1. The first-order valence-electron chi connectivity index (χ1n) is 9.32. The van der Waals surface area contributed by atoms with Gasteiger partial charge in [-0.05, 0) is 55.0 Å². The summed E-state index contributed by atoms with van der Waals surface area (Å²) in [5.74, 6) is -0.301. The Hall–Kier alpha value is -2.39. The zero-order valence-corrected chi connectivity index (χ0v) is 18.0. The van der Waals surface area contributed by atoms with Gasteiger partial charge in [-0.1, -0.05) is 6.92 Å². The number of anilines is 1. The van der Waals surface area contributed by atoms with Gasteiger partial charge >= 0.3 is 0 Å². The van der Waals surface area contributed by atoms with E-state index in [0.29, 0.717) is 22.2 Å². The normalized spacial score (nSPS) is 16.1. The van der Waals surface area contributed by atoms with Gasteiger partial charge in [0.15, 0.2) is 9.84 Å². The molecule has 3 rings (SSSR count). The van der Waals surface area contributed by atoms with Crippen LogP contribution in [-0.4, -0.2) is 33.1 Å². The summed E-state index contributed by atoms with van der Waals surface area (Å²) < 4.78 is 30.0. The lowest BCUT2D eigenvalue weighted by atomic mass is 9.88. The number of sulfone groups is 1. The van der Waals surface area contributed by atoms with Gasteiger partial charge in [-0.25, -0.2) is 8.42 Å². The van der Waals surface area contributed by atoms with E-state index in [1.54, 1.807) is 12.1 Å². The van der Waals surface area contributed by atoms with Crippen LogP contribution in [0.2, 0.25) is 0 Å². The van der Waals surface area contributed by atoms with Crippen LogP contribution in [0, 0.1) is 5.92 Å². The third-order valence-electron chi connectivity index (χ3n) is 5.03. The number of benzene rings is 1. The molecule has 0 bridgehead atoms. The Morgan fingerprint density at radius 1 is 1.28 bits per heavy atom. The summed E-state index contributed by atoms with van der Waals surface area (Å²) in [4.78, 5) is 25.5. The highest BCUT2D eigenvalue weighted by Gasteiger charge is 2.27. The van der Waals surface area contributed by atoms with Crippen LogP contribution in [0.4, 0.5) is 5.00 Å². The van der Waals surface area contributed by atoms with Crippen molar-refractivity contribution in [1.82, 2.24) is 0 Å². The molecule has 1 aromatic heterocycles. The van der Waals surface area contributed by atoms with E-state index in [-0.39, 0.29) is 17.1 Å². The fraction of sp³-hybridized carbons (Fsp3) is 0.400. The van der Waals surface area contributed by atoms with Crippen molar-refractivity contribution in [2.24, 2.45) is 11.7 Å². The maximum absolute atomic E-state index is 12.5. The Balaban J connectivity index is 1.70. The number of thiophene rings is 1. The lowest BCUT2D eigenvalue weighted by Crippen LogP contribution is -2.20. The van der Waals surface area contributed by atoms with E-state index in [1.807, 2.05) is 0 Å². The number of methoxy groups -OCH3 is 1. The second kappa shape index (κ2) is 8.54. The number of rotatable bonds is 7. The molecule has 29 heavy (non-hydrogen) atoms. The van der Waals surface area contributed by atoms with Crippen molar-refractivity contribution in [2.75, 3.05) is 18.2 Å². The molecule has 1 aliphatic carbocycles. The largest absolute Gasteiger partial charge is 0.497 e. The van der Waals surface area contributed by atoms with E-state index < -0.39 is 21.7 Å². The van der Waals surface area contributed by atoms with Gasteiger partial charge in [0.25, 0.3) is 5.91 Å². The Labute approximate surface area is 174 Å². The number of carbonyl (C=O) groups is 2. The number of ether oxygens (including phenoxy) is 1. The minimum Gasteiger partial charge on any atom is -0.497 e. The first kappa shape index (κ1) is 21.3. The van der Waals surface area contributed by atoms with Gasteiger partial charge in [-0.15, -0.1) is 11.3 Å². The highest BCUT2D eigenvalue weighted by atomic mass is 32.2. The van der Waals surface area contributed by atoms with E-state index in [4.69, 9.17) is 10.5 Å². The SMILES string of the molecule is COc1ccc(S(=O)(=O)CCC(=O)Nc2sc3c(c2C(N)=O)CC[C@H](C)C3)cc1. The minimum atomic E-state index is -3.61. The molecule has 1 heterocycles. The molecule has 3 N–H and O–H groups in total. The number of hydrogen-bond acceptors (Lipinski definition) is 6. The zero-order valence-electron chi connectivity index (χ0n) is 16.4. The first-order valence-corrected chi connectivity index (χ1v) is 11.8. The highest BCUT2D eigenvalue weighted by molar-refractivity contribution is 7.91. The van der Waals surface area contributed by atoms with Crippen LogP contribution in [0.1, 0.15) is 40.6 Å². The summed E-state index contributed by atoms with van der Waals surface area (Å²) in [6.07, 6.45) is 2.36. The maximum Gasteiger partial charge on any atom is 0.251 e. The summed E-state index contributed by atoms with van der Waals surface area (Å²) in [5, 5.41) is 3.12. The number of primary amides is 1. The molecule has 0 fully saturated rings. The van der Waals surface area contributed by atoms with E-state index in [0.717, 1.165) is 29.7 Å². The molecule has 2 amide bonds. The van der Waals surface area contributed by atoms with Gasteiger partial charge < -0.3 is 15.8 Å². The molecule has 0 radical (unpaired) electrons. The molecule has 156 valence electrons. The molecule has 1 aromatic carbocycles. The minimum absolute atomic E-state index is 0.129. The third-order valence-corrected chi connectivity index (χ3v) is 7.93. The quantitative estimate of drug-likeness (QED) is 0.692. The molecule has 9 heteroatoms. The molecule has 0 unspecified atom stereocenters. The van der Waals surface area contributed by atoms with Gasteiger partial charge in [0.2, 0.25) is 5.91 Å². The van der Waals surface area contributed by atoms with Crippen LogP contribution in [-0.2, 0) is 27.5 Å². The van der Waals surface area contributed by atoms with E-state index >= 15 is 0 Å². The Morgan fingerprint density at radius 3 is 2.59 bits per heavy atom. The van der Waals surface area contributed by atoms with E-state index in [9.17, 15) is 18.0 Å². The number of nitrogens with two attached hydrogens (primary N) is 1. The number of carbonyl (C=O) groups excluding carboxylic acids is 2. The monoisotopic (exact) mass is 436 g/mol. The van der Waals surface area contributed by atoms with Crippen LogP contribution in [0.5, 0.6) is 5.75 Å². The van der Waals surface area contributed by atoms with Gasteiger partial charge in [-0.3, -0.25) is 9.59 Å². The van der Waals surface area contributed by atoms with Crippen molar-refractivity contribution < 1.29 is 22.7 Å². The average molecular weight is 437 g/mol. The van der Waals surface area contributed by atoms with E-state index in [1.165, 1.54) is 30.6 Å². The molecule has 0 saturated carbocycles. The van der Waals surface area contributed by atoms with Crippen LogP contribution < -0.4 is 15.8 Å². The van der Waals surface area contributed by atoms with Crippen molar-refractivity contribution in [3.63, 3.8) is 0 Å². The number of hydrogen-bond donors (Lipinski definition) is 2. The molecule has 7 nitrogen and oxygen atoms in total. The molecule has 2 aromatic rings. The van der Waals surface area contributed by atoms with Gasteiger partial charge in [0, 0.05) is 11.3 Å². The average Bonchev–Trinajstić information content (AvgIpc) is 3.03. The van der Waals surface area contributed by atoms with Crippen LogP contribution in [0.15, 0.2) is 29.2 Å². The summed E-state index contributed by atoms with van der Waals surface area (Å²) in [6.45, 7) is 2.15. The maximum atomic E-state index is 12.5. The van der Waals surface area contributed by atoms with Gasteiger partial charge in [-0.2, -0.15) is 0 Å². The summed E-state index contributed by atoms with van der Waals surface area (Å²) in [7, 11) is -2.12. The summed E-state index contributed by atoms with van der Waals surface area (Å²) in [5.41, 5.74) is 6.83. The molecule has 0 spiro atoms. The van der Waals surface area contributed by atoms with Crippen molar-refractivity contribution in [3.8, 4) is 5.75 Å². The predicted octanol–water partition coefficient (Wildman–Crippen LogP) is 2.78. The topological polar surface area (TPSA) is 116 Å². The lowest BCUT2D eigenvalue weighted by Gasteiger charge is -2.18. The molecule has 1 atom stereocenters. The first-order chi connectivity index (χ1) is 13.7. The van der Waals surface area contributed by atoms with E-state index in [2.05, 4.69) is 12.2 Å². The fourth-order valence-corrected chi connectivity index (χ4v) is 6.09. The third kappa shape index (κ3) is 4.79. The highest BCUT2D eigenvalue weighted by Crippen LogP contribution is 2.39. The molecule has 0 saturated heterocycles. The number of fused-ring (bicyclic) bond motifs is 1.